The number of rotatable bonds is 5. The molecule has 0 aliphatic heterocycles. The van der Waals surface area contributed by atoms with Crippen molar-refractivity contribution < 1.29 is 4.79 Å². The van der Waals surface area contributed by atoms with E-state index in [0.717, 1.165) is 16.0 Å². The normalized spacial score (nSPS) is 11.1. The van der Waals surface area contributed by atoms with E-state index in [1.807, 2.05) is 84.4 Å². The van der Waals surface area contributed by atoms with E-state index in [4.69, 9.17) is 0 Å². The summed E-state index contributed by atoms with van der Waals surface area (Å²) in [7, 11) is 0. The molecule has 2 nitrogen and oxygen atoms in total. The summed E-state index contributed by atoms with van der Waals surface area (Å²) in [4.78, 5) is 13.6. The minimum absolute atomic E-state index is 0.0489. The molecule has 0 N–H and O–H groups in total. The van der Waals surface area contributed by atoms with Crippen molar-refractivity contribution in [1.29, 1.82) is 0 Å². The third-order valence-electron chi connectivity index (χ3n) is 3.88. The molecule has 0 amide bonds. The van der Waals surface area contributed by atoms with Crippen LogP contribution in [0, 0.1) is 6.92 Å². The highest BCUT2D eigenvalue weighted by Crippen LogP contribution is 2.13. The highest BCUT2D eigenvalue weighted by molar-refractivity contribution is 7.80. The van der Waals surface area contributed by atoms with Crippen LogP contribution in [0.15, 0.2) is 77.8 Å². The standard InChI is InChI=1S/C21H19NOS/c1-16-6-10-18(11-7-16)21(23)20-5-3-15-22(20)14-2-4-17-8-12-19(24)13-9-17/h2-13,15,24H,14H2,1H3/b4-2+. The monoisotopic (exact) mass is 333 g/mol. The molecule has 120 valence electrons. The molecule has 1 aromatic heterocycles. The van der Waals surface area contributed by atoms with Gasteiger partial charge in [-0.3, -0.25) is 4.79 Å². The minimum Gasteiger partial charge on any atom is -0.341 e. The van der Waals surface area contributed by atoms with Crippen LogP contribution in [0.25, 0.3) is 6.08 Å². The fourth-order valence-corrected chi connectivity index (χ4v) is 2.67. The van der Waals surface area contributed by atoms with Gasteiger partial charge < -0.3 is 4.57 Å². The van der Waals surface area contributed by atoms with Gasteiger partial charge in [-0.2, -0.15) is 0 Å². The smallest absolute Gasteiger partial charge is 0.209 e. The molecule has 3 heteroatoms. The van der Waals surface area contributed by atoms with Crippen LogP contribution in [0.5, 0.6) is 0 Å². The summed E-state index contributed by atoms with van der Waals surface area (Å²) in [5, 5.41) is 0. The van der Waals surface area contributed by atoms with E-state index < -0.39 is 0 Å². The lowest BCUT2D eigenvalue weighted by Gasteiger charge is -2.06. The Labute approximate surface area is 147 Å². The zero-order valence-corrected chi connectivity index (χ0v) is 14.4. The Morgan fingerprint density at radius 2 is 1.75 bits per heavy atom. The summed E-state index contributed by atoms with van der Waals surface area (Å²) in [5.41, 5.74) is 3.69. The fraction of sp³-hybridized carbons (Fsp3) is 0.0952. The molecule has 0 saturated heterocycles. The van der Waals surface area contributed by atoms with E-state index in [1.54, 1.807) is 0 Å². The van der Waals surface area contributed by atoms with Gasteiger partial charge in [-0.1, -0.05) is 54.1 Å². The van der Waals surface area contributed by atoms with Crippen molar-refractivity contribution in [2.24, 2.45) is 0 Å². The van der Waals surface area contributed by atoms with Crippen molar-refractivity contribution in [3.8, 4) is 0 Å². The van der Waals surface area contributed by atoms with Gasteiger partial charge in [-0.15, -0.1) is 12.6 Å². The van der Waals surface area contributed by atoms with Crippen LogP contribution in [-0.2, 0) is 6.54 Å². The van der Waals surface area contributed by atoms with Crippen molar-refractivity contribution in [3.63, 3.8) is 0 Å². The predicted molar refractivity (Wildman–Crippen MR) is 102 cm³/mol. The third kappa shape index (κ3) is 3.87. The summed E-state index contributed by atoms with van der Waals surface area (Å²) in [5.74, 6) is 0.0489. The van der Waals surface area contributed by atoms with Gasteiger partial charge in [0.1, 0.15) is 0 Å². The summed E-state index contributed by atoms with van der Waals surface area (Å²) in [6, 6.07) is 19.4. The molecule has 24 heavy (non-hydrogen) atoms. The second-order valence-corrected chi connectivity index (χ2v) is 6.25. The molecule has 0 spiro atoms. The second-order valence-electron chi connectivity index (χ2n) is 5.73. The molecular weight excluding hydrogens is 314 g/mol. The number of aromatic nitrogens is 1. The SMILES string of the molecule is Cc1ccc(C(=O)c2cccn2C/C=C/c2ccc(S)cc2)cc1. The van der Waals surface area contributed by atoms with E-state index in [9.17, 15) is 4.79 Å². The van der Waals surface area contributed by atoms with E-state index in [0.29, 0.717) is 17.8 Å². The van der Waals surface area contributed by atoms with Crippen LogP contribution in [0.4, 0.5) is 0 Å². The number of hydrogen-bond acceptors (Lipinski definition) is 2. The summed E-state index contributed by atoms with van der Waals surface area (Å²) >= 11 is 4.28. The fourth-order valence-electron chi connectivity index (χ4n) is 2.52. The van der Waals surface area contributed by atoms with Crippen LogP contribution in [0.3, 0.4) is 0 Å². The average Bonchev–Trinajstić information content (AvgIpc) is 3.05. The maximum absolute atomic E-state index is 12.7. The lowest BCUT2D eigenvalue weighted by atomic mass is 10.1. The average molecular weight is 333 g/mol. The van der Waals surface area contributed by atoms with Gasteiger partial charge in [0, 0.05) is 23.2 Å². The first kappa shape index (κ1) is 16.3. The van der Waals surface area contributed by atoms with Gasteiger partial charge in [-0.25, -0.2) is 0 Å². The van der Waals surface area contributed by atoms with Crippen LogP contribution >= 0.6 is 12.6 Å². The van der Waals surface area contributed by atoms with Crippen molar-refractivity contribution in [2.45, 2.75) is 18.4 Å². The van der Waals surface area contributed by atoms with Gasteiger partial charge in [0.2, 0.25) is 5.78 Å². The van der Waals surface area contributed by atoms with Gasteiger partial charge in [0.15, 0.2) is 0 Å². The first-order valence-electron chi connectivity index (χ1n) is 7.85. The number of carbonyl (C=O) groups excluding carboxylic acids is 1. The Bertz CT molecular complexity index is 858. The van der Waals surface area contributed by atoms with Crippen LogP contribution in [-0.4, -0.2) is 10.4 Å². The van der Waals surface area contributed by atoms with Crippen LogP contribution in [0.1, 0.15) is 27.2 Å². The largest absolute Gasteiger partial charge is 0.341 e. The van der Waals surface area contributed by atoms with E-state index in [1.165, 1.54) is 0 Å². The number of aryl methyl sites for hydroxylation is 1. The Kier molecular flexibility index (Phi) is 5.02. The highest BCUT2D eigenvalue weighted by Gasteiger charge is 2.12. The molecule has 0 saturated carbocycles. The Balaban J connectivity index is 1.74. The van der Waals surface area contributed by atoms with Crippen LogP contribution in [0.2, 0.25) is 0 Å². The Hall–Kier alpha value is -2.52. The number of nitrogens with zero attached hydrogens (tertiary/aromatic N) is 1. The molecule has 2 aromatic carbocycles. The first-order valence-corrected chi connectivity index (χ1v) is 8.30. The summed E-state index contributed by atoms with van der Waals surface area (Å²) in [6.45, 7) is 2.67. The molecule has 3 rings (SSSR count). The molecule has 3 aromatic rings. The number of hydrogen-bond donors (Lipinski definition) is 1. The van der Waals surface area contributed by atoms with E-state index in [-0.39, 0.29) is 5.78 Å². The van der Waals surface area contributed by atoms with E-state index >= 15 is 0 Å². The van der Waals surface area contributed by atoms with Gasteiger partial charge >= 0.3 is 0 Å². The number of carbonyl (C=O) groups is 1. The lowest BCUT2D eigenvalue weighted by Crippen LogP contribution is -2.09. The molecule has 0 fully saturated rings. The van der Waals surface area contributed by atoms with Gasteiger partial charge in [-0.05, 0) is 36.8 Å². The van der Waals surface area contributed by atoms with Crippen LogP contribution < -0.4 is 0 Å². The molecule has 0 atom stereocenters. The summed E-state index contributed by atoms with van der Waals surface area (Å²) < 4.78 is 1.96. The number of thiol groups is 1. The highest BCUT2D eigenvalue weighted by atomic mass is 32.1. The third-order valence-corrected chi connectivity index (χ3v) is 4.18. The topological polar surface area (TPSA) is 22.0 Å². The summed E-state index contributed by atoms with van der Waals surface area (Å²) in [6.07, 6.45) is 6.04. The minimum atomic E-state index is 0.0489. The zero-order chi connectivity index (χ0) is 16.9. The first-order chi connectivity index (χ1) is 11.6. The van der Waals surface area contributed by atoms with Crippen molar-refractivity contribution in [3.05, 3.63) is 95.3 Å². The molecular formula is C21H19NOS. The van der Waals surface area contributed by atoms with Crippen molar-refractivity contribution in [1.82, 2.24) is 4.57 Å². The molecule has 0 aliphatic carbocycles. The number of benzene rings is 2. The molecule has 1 heterocycles. The van der Waals surface area contributed by atoms with Crippen molar-refractivity contribution >= 4 is 24.5 Å². The van der Waals surface area contributed by atoms with E-state index in [2.05, 4.69) is 18.7 Å². The number of ketones is 1. The quantitative estimate of drug-likeness (QED) is 0.513. The van der Waals surface area contributed by atoms with Crippen molar-refractivity contribution in [2.75, 3.05) is 0 Å². The lowest BCUT2D eigenvalue weighted by molar-refractivity contribution is 0.103. The zero-order valence-electron chi connectivity index (χ0n) is 13.5. The molecule has 0 radical (unpaired) electrons. The maximum atomic E-state index is 12.7. The second kappa shape index (κ2) is 7.37. The predicted octanol–water partition coefficient (Wildman–Crippen LogP) is 5.03. The number of allylic oxidation sites excluding steroid dienone is 1. The maximum Gasteiger partial charge on any atom is 0.209 e. The van der Waals surface area contributed by atoms with Gasteiger partial charge in [0.05, 0.1) is 5.69 Å². The molecule has 0 aliphatic rings. The molecule has 0 bridgehead atoms. The molecule has 0 unspecified atom stereocenters. The van der Waals surface area contributed by atoms with Gasteiger partial charge in [0.25, 0.3) is 0 Å². The Morgan fingerprint density at radius 1 is 1.04 bits per heavy atom. The Morgan fingerprint density at radius 3 is 2.46 bits per heavy atom.